The predicted molar refractivity (Wildman–Crippen MR) is 87.6 cm³/mol. The van der Waals surface area contributed by atoms with E-state index in [1.165, 1.54) is 0 Å². The van der Waals surface area contributed by atoms with Crippen molar-refractivity contribution < 1.29 is 4.79 Å². The van der Waals surface area contributed by atoms with Gasteiger partial charge in [-0.2, -0.15) is 0 Å². The molecule has 0 aromatic heterocycles. The van der Waals surface area contributed by atoms with Crippen LogP contribution >= 0.6 is 0 Å². The molecule has 2 nitrogen and oxygen atoms in total. The molecule has 3 aromatic carbocycles. The van der Waals surface area contributed by atoms with E-state index in [2.05, 4.69) is 18.2 Å². The standard InChI is InChI=1S/C19H17NO/c1-13-9-10-18(20)17(11-13)19(21)12-15-7-4-6-14-5-2-3-8-16(14)15/h2-11H,12,20H2,1H3. The molecule has 0 heterocycles. The number of nitrogen functional groups attached to an aromatic ring is 1. The van der Waals surface area contributed by atoms with E-state index in [9.17, 15) is 4.79 Å². The van der Waals surface area contributed by atoms with Gasteiger partial charge in [0.25, 0.3) is 0 Å². The Balaban J connectivity index is 1.99. The summed E-state index contributed by atoms with van der Waals surface area (Å²) in [5.74, 6) is 0.0625. The Bertz CT molecular complexity index is 815. The van der Waals surface area contributed by atoms with Gasteiger partial charge >= 0.3 is 0 Å². The van der Waals surface area contributed by atoms with Crippen molar-refractivity contribution in [2.75, 3.05) is 5.73 Å². The smallest absolute Gasteiger partial charge is 0.169 e. The van der Waals surface area contributed by atoms with Crippen LogP contribution in [0.4, 0.5) is 5.69 Å². The van der Waals surface area contributed by atoms with Crippen LogP contribution in [0.25, 0.3) is 10.8 Å². The van der Waals surface area contributed by atoms with Gasteiger partial charge in [0.15, 0.2) is 5.78 Å². The van der Waals surface area contributed by atoms with Gasteiger partial charge in [0.05, 0.1) is 0 Å². The maximum atomic E-state index is 12.6. The molecule has 0 bridgehead atoms. The molecule has 0 amide bonds. The summed E-state index contributed by atoms with van der Waals surface area (Å²) in [6, 6.07) is 19.8. The quantitative estimate of drug-likeness (QED) is 0.576. The second-order valence-electron chi connectivity index (χ2n) is 5.33. The Labute approximate surface area is 124 Å². The van der Waals surface area contributed by atoms with E-state index >= 15 is 0 Å². The van der Waals surface area contributed by atoms with Gasteiger partial charge in [-0.1, -0.05) is 54.1 Å². The zero-order chi connectivity index (χ0) is 14.8. The Morgan fingerprint density at radius 3 is 2.62 bits per heavy atom. The third kappa shape index (κ3) is 2.65. The lowest BCUT2D eigenvalue weighted by molar-refractivity contribution is 0.0994. The number of hydrogen-bond acceptors (Lipinski definition) is 2. The number of carbonyl (C=O) groups excluding carboxylic acids is 1. The Morgan fingerprint density at radius 2 is 1.76 bits per heavy atom. The number of carbonyl (C=O) groups is 1. The molecule has 0 saturated carbocycles. The van der Waals surface area contributed by atoms with Crippen molar-refractivity contribution in [3.05, 3.63) is 77.4 Å². The molecular weight excluding hydrogens is 258 g/mol. The van der Waals surface area contributed by atoms with E-state index in [0.29, 0.717) is 17.7 Å². The zero-order valence-corrected chi connectivity index (χ0v) is 12.0. The van der Waals surface area contributed by atoms with Gasteiger partial charge in [-0.15, -0.1) is 0 Å². The average Bonchev–Trinajstić information content (AvgIpc) is 2.50. The highest BCUT2D eigenvalue weighted by atomic mass is 16.1. The first-order chi connectivity index (χ1) is 10.1. The number of aryl methyl sites for hydroxylation is 1. The summed E-state index contributed by atoms with van der Waals surface area (Å²) in [6.45, 7) is 1.97. The van der Waals surface area contributed by atoms with Crippen LogP contribution in [0.5, 0.6) is 0 Å². The van der Waals surface area contributed by atoms with Gasteiger partial charge in [0.1, 0.15) is 0 Å². The second kappa shape index (κ2) is 5.41. The summed E-state index contributed by atoms with van der Waals surface area (Å²) in [5.41, 5.74) is 9.18. The van der Waals surface area contributed by atoms with Crippen molar-refractivity contribution in [2.45, 2.75) is 13.3 Å². The lowest BCUT2D eigenvalue weighted by atomic mass is 9.96. The molecule has 0 fully saturated rings. The first-order valence-corrected chi connectivity index (χ1v) is 7.01. The first-order valence-electron chi connectivity index (χ1n) is 7.01. The maximum absolute atomic E-state index is 12.6. The topological polar surface area (TPSA) is 43.1 Å². The van der Waals surface area contributed by atoms with Crippen LogP contribution in [0.2, 0.25) is 0 Å². The fourth-order valence-electron chi connectivity index (χ4n) is 2.63. The van der Waals surface area contributed by atoms with Crippen LogP contribution in [0, 0.1) is 6.92 Å². The van der Waals surface area contributed by atoms with Crippen molar-refractivity contribution in [3.63, 3.8) is 0 Å². The molecule has 0 saturated heterocycles. The van der Waals surface area contributed by atoms with Crippen LogP contribution in [-0.2, 0) is 6.42 Å². The van der Waals surface area contributed by atoms with Crippen LogP contribution < -0.4 is 5.73 Å². The molecule has 3 aromatic rings. The van der Waals surface area contributed by atoms with Crippen LogP contribution in [0.3, 0.4) is 0 Å². The molecule has 104 valence electrons. The van der Waals surface area contributed by atoms with E-state index < -0.39 is 0 Å². The number of Topliss-reactive ketones (excluding diaryl/α,β-unsaturated/α-hetero) is 1. The summed E-state index contributed by atoms with van der Waals surface area (Å²) >= 11 is 0. The molecule has 0 aliphatic heterocycles. The van der Waals surface area contributed by atoms with Crippen LogP contribution in [0.15, 0.2) is 60.7 Å². The number of hydrogen-bond donors (Lipinski definition) is 1. The normalized spacial score (nSPS) is 10.7. The number of nitrogens with two attached hydrogens (primary N) is 1. The zero-order valence-electron chi connectivity index (χ0n) is 12.0. The van der Waals surface area contributed by atoms with Crippen molar-refractivity contribution >= 4 is 22.2 Å². The van der Waals surface area contributed by atoms with E-state index in [1.54, 1.807) is 6.07 Å². The third-order valence-corrected chi connectivity index (χ3v) is 3.74. The van der Waals surface area contributed by atoms with Gasteiger partial charge in [0.2, 0.25) is 0 Å². The highest BCUT2D eigenvalue weighted by Crippen LogP contribution is 2.22. The Morgan fingerprint density at radius 1 is 1.00 bits per heavy atom. The average molecular weight is 275 g/mol. The molecule has 0 aliphatic rings. The van der Waals surface area contributed by atoms with Gasteiger partial charge in [0, 0.05) is 17.7 Å². The first kappa shape index (κ1) is 13.4. The number of benzene rings is 3. The summed E-state index contributed by atoms with van der Waals surface area (Å²) < 4.78 is 0. The van der Waals surface area contributed by atoms with E-state index in [-0.39, 0.29) is 5.78 Å². The van der Waals surface area contributed by atoms with Crippen molar-refractivity contribution in [2.24, 2.45) is 0 Å². The third-order valence-electron chi connectivity index (χ3n) is 3.74. The number of ketones is 1. The minimum atomic E-state index is 0.0625. The SMILES string of the molecule is Cc1ccc(N)c(C(=O)Cc2cccc3ccccc23)c1. The fourth-order valence-corrected chi connectivity index (χ4v) is 2.63. The molecule has 21 heavy (non-hydrogen) atoms. The van der Waals surface area contributed by atoms with Gasteiger partial charge in [-0.05, 0) is 35.4 Å². The fraction of sp³-hybridized carbons (Fsp3) is 0.105. The number of fused-ring (bicyclic) bond motifs is 1. The monoisotopic (exact) mass is 275 g/mol. The lowest BCUT2D eigenvalue weighted by Gasteiger charge is -2.08. The van der Waals surface area contributed by atoms with Crippen molar-refractivity contribution in [3.8, 4) is 0 Å². The molecule has 0 spiro atoms. The second-order valence-corrected chi connectivity index (χ2v) is 5.33. The van der Waals surface area contributed by atoms with Crippen molar-refractivity contribution in [1.29, 1.82) is 0 Å². The van der Waals surface area contributed by atoms with Crippen LogP contribution in [-0.4, -0.2) is 5.78 Å². The molecular formula is C19H17NO. The highest BCUT2D eigenvalue weighted by Gasteiger charge is 2.12. The predicted octanol–water partition coefficient (Wildman–Crippen LogP) is 4.16. The minimum absolute atomic E-state index is 0.0625. The molecule has 0 aliphatic carbocycles. The summed E-state index contributed by atoms with van der Waals surface area (Å²) in [6.07, 6.45) is 0.370. The summed E-state index contributed by atoms with van der Waals surface area (Å²) in [4.78, 5) is 12.6. The van der Waals surface area contributed by atoms with E-state index in [4.69, 9.17) is 5.73 Å². The number of rotatable bonds is 3. The summed E-state index contributed by atoms with van der Waals surface area (Å²) in [5, 5.41) is 2.28. The highest BCUT2D eigenvalue weighted by molar-refractivity contribution is 6.03. The molecule has 0 atom stereocenters. The maximum Gasteiger partial charge on any atom is 0.169 e. The van der Waals surface area contributed by atoms with Crippen LogP contribution in [0.1, 0.15) is 21.5 Å². The Kier molecular flexibility index (Phi) is 3.44. The molecule has 0 unspecified atom stereocenters. The lowest BCUT2D eigenvalue weighted by Crippen LogP contribution is -2.07. The molecule has 2 N–H and O–H groups in total. The number of anilines is 1. The van der Waals surface area contributed by atoms with Gasteiger partial charge < -0.3 is 5.73 Å². The van der Waals surface area contributed by atoms with E-state index in [0.717, 1.165) is 21.9 Å². The minimum Gasteiger partial charge on any atom is -0.398 e. The van der Waals surface area contributed by atoms with E-state index in [1.807, 2.05) is 43.3 Å². The molecule has 0 radical (unpaired) electrons. The van der Waals surface area contributed by atoms with Gasteiger partial charge in [-0.25, -0.2) is 0 Å². The molecule has 3 rings (SSSR count). The molecule has 2 heteroatoms. The largest absolute Gasteiger partial charge is 0.398 e. The van der Waals surface area contributed by atoms with Crippen molar-refractivity contribution in [1.82, 2.24) is 0 Å². The summed E-state index contributed by atoms with van der Waals surface area (Å²) in [7, 11) is 0. The van der Waals surface area contributed by atoms with Gasteiger partial charge in [-0.3, -0.25) is 4.79 Å². The Hall–Kier alpha value is -2.61.